The van der Waals surface area contributed by atoms with Crippen LogP contribution in [0.4, 0.5) is 10.1 Å². The molecule has 8 heteroatoms. The maximum absolute atomic E-state index is 13.0. The smallest absolute Gasteiger partial charge is 0.337 e. The second-order valence-corrected chi connectivity index (χ2v) is 3.09. The third kappa shape index (κ3) is 3.02. The van der Waals surface area contributed by atoms with Gasteiger partial charge in [0.15, 0.2) is 5.84 Å². The summed E-state index contributed by atoms with van der Waals surface area (Å²) >= 11 is 0. The number of nitrogens with one attached hydrogen (secondary N) is 2. The maximum atomic E-state index is 13.0. The molecule has 0 saturated carbocycles. The summed E-state index contributed by atoms with van der Waals surface area (Å²) in [6.07, 6.45) is 0. The lowest BCUT2D eigenvalue weighted by atomic mass is 10.2. The lowest BCUT2D eigenvalue weighted by molar-refractivity contribution is 0.0698. The molecule has 0 radical (unpaired) electrons. The summed E-state index contributed by atoms with van der Waals surface area (Å²) in [6.45, 7) is 0. The molecule has 0 saturated heterocycles. The Morgan fingerprint density at radius 3 is 2.78 bits per heavy atom. The number of hydrogen-bond donors (Lipinski definition) is 4. The average molecular weight is 249 g/mol. The summed E-state index contributed by atoms with van der Waals surface area (Å²) in [4.78, 5) is 10.8. The van der Waals surface area contributed by atoms with Crippen molar-refractivity contribution in [3.8, 4) is 6.07 Å². The Balaban J connectivity index is 3.11. The first-order chi connectivity index (χ1) is 8.45. The van der Waals surface area contributed by atoms with Crippen LogP contribution in [0.1, 0.15) is 10.4 Å². The SMILES string of the molecule is N#C/C(=N\Nc1cc(F)ccc1C(=O)O)C(=N)N. The van der Waals surface area contributed by atoms with Gasteiger partial charge in [0, 0.05) is 0 Å². The number of hydrazone groups is 1. The number of benzene rings is 1. The van der Waals surface area contributed by atoms with Crippen molar-refractivity contribution in [2.24, 2.45) is 10.8 Å². The predicted molar refractivity (Wildman–Crippen MR) is 61.9 cm³/mol. The van der Waals surface area contributed by atoms with Crippen LogP contribution in [-0.2, 0) is 0 Å². The van der Waals surface area contributed by atoms with Gasteiger partial charge in [-0.3, -0.25) is 10.8 Å². The van der Waals surface area contributed by atoms with Gasteiger partial charge in [0.1, 0.15) is 11.9 Å². The van der Waals surface area contributed by atoms with Crippen LogP contribution in [0.25, 0.3) is 0 Å². The van der Waals surface area contributed by atoms with Crippen LogP contribution in [0.15, 0.2) is 23.3 Å². The normalized spacial score (nSPS) is 10.6. The molecule has 0 bridgehead atoms. The van der Waals surface area contributed by atoms with Gasteiger partial charge >= 0.3 is 5.97 Å². The Hall–Kier alpha value is -2.95. The number of halogens is 1. The molecule has 0 aliphatic heterocycles. The Morgan fingerprint density at radius 2 is 2.28 bits per heavy atom. The largest absolute Gasteiger partial charge is 0.478 e. The van der Waals surface area contributed by atoms with E-state index in [4.69, 9.17) is 21.5 Å². The van der Waals surface area contributed by atoms with Gasteiger partial charge in [-0.1, -0.05) is 0 Å². The van der Waals surface area contributed by atoms with E-state index >= 15 is 0 Å². The summed E-state index contributed by atoms with van der Waals surface area (Å²) in [5.74, 6) is -2.54. The average Bonchev–Trinajstić information content (AvgIpc) is 2.29. The van der Waals surface area contributed by atoms with Crippen molar-refractivity contribution in [3.05, 3.63) is 29.6 Å². The fraction of sp³-hybridized carbons (Fsp3) is 0. The van der Waals surface area contributed by atoms with E-state index in [1.165, 1.54) is 6.07 Å². The Labute approximate surface area is 101 Å². The van der Waals surface area contributed by atoms with Crippen molar-refractivity contribution in [2.75, 3.05) is 5.43 Å². The van der Waals surface area contributed by atoms with E-state index in [1.54, 1.807) is 0 Å². The molecule has 0 amide bonds. The molecular weight excluding hydrogens is 241 g/mol. The number of amidine groups is 1. The van der Waals surface area contributed by atoms with Crippen LogP contribution in [0, 0.1) is 22.6 Å². The highest BCUT2D eigenvalue weighted by atomic mass is 19.1. The van der Waals surface area contributed by atoms with E-state index in [9.17, 15) is 9.18 Å². The molecule has 0 heterocycles. The van der Waals surface area contributed by atoms with Crippen LogP contribution in [0.5, 0.6) is 0 Å². The van der Waals surface area contributed by atoms with E-state index in [0.717, 1.165) is 18.2 Å². The molecule has 7 nitrogen and oxygen atoms in total. The molecule has 92 valence electrons. The number of rotatable bonds is 4. The number of nitriles is 1. The van der Waals surface area contributed by atoms with Gasteiger partial charge in [0.25, 0.3) is 0 Å². The van der Waals surface area contributed by atoms with E-state index < -0.39 is 23.3 Å². The molecule has 0 fully saturated rings. The first-order valence-electron chi connectivity index (χ1n) is 4.56. The van der Waals surface area contributed by atoms with Gasteiger partial charge in [-0.05, 0) is 18.2 Å². The van der Waals surface area contributed by atoms with Crippen LogP contribution < -0.4 is 11.2 Å². The number of aromatic carboxylic acids is 1. The van der Waals surface area contributed by atoms with Gasteiger partial charge in [0.05, 0.1) is 11.3 Å². The highest BCUT2D eigenvalue weighted by Gasteiger charge is 2.11. The van der Waals surface area contributed by atoms with Crippen LogP contribution in [-0.4, -0.2) is 22.6 Å². The number of hydrogen-bond acceptors (Lipinski definition) is 5. The quantitative estimate of drug-likeness (QED) is 0.354. The molecule has 1 rings (SSSR count). The van der Waals surface area contributed by atoms with Crippen molar-refractivity contribution < 1.29 is 14.3 Å². The Bertz CT molecular complexity index is 576. The highest BCUT2D eigenvalue weighted by molar-refractivity contribution is 6.45. The zero-order valence-electron chi connectivity index (χ0n) is 8.94. The van der Waals surface area contributed by atoms with Crippen molar-refractivity contribution in [3.63, 3.8) is 0 Å². The fourth-order valence-electron chi connectivity index (χ4n) is 1.06. The van der Waals surface area contributed by atoms with Crippen LogP contribution >= 0.6 is 0 Å². The summed E-state index contributed by atoms with van der Waals surface area (Å²) < 4.78 is 13.0. The molecule has 1 aromatic carbocycles. The molecular formula is C10H8FN5O2. The van der Waals surface area contributed by atoms with Crippen LogP contribution in [0.2, 0.25) is 0 Å². The van der Waals surface area contributed by atoms with Crippen LogP contribution in [0.3, 0.4) is 0 Å². The van der Waals surface area contributed by atoms with Crippen molar-refractivity contribution in [1.29, 1.82) is 10.7 Å². The topological polar surface area (TPSA) is 135 Å². The monoisotopic (exact) mass is 249 g/mol. The highest BCUT2D eigenvalue weighted by Crippen LogP contribution is 2.17. The maximum Gasteiger partial charge on any atom is 0.337 e. The molecule has 5 N–H and O–H groups in total. The molecule has 0 atom stereocenters. The molecule has 0 spiro atoms. The first kappa shape index (κ1) is 13.1. The minimum Gasteiger partial charge on any atom is -0.478 e. The number of carbonyl (C=O) groups is 1. The lowest BCUT2D eigenvalue weighted by Crippen LogP contribution is -2.22. The van der Waals surface area contributed by atoms with Gasteiger partial charge in [-0.2, -0.15) is 10.4 Å². The molecule has 1 aromatic rings. The van der Waals surface area contributed by atoms with Crippen molar-refractivity contribution in [1.82, 2.24) is 0 Å². The van der Waals surface area contributed by atoms with Crippen molar-refractivity contribution in [2.45, 2.75) is 0 Å². The molecule has 0 aliphatic carbocycles. The van der Waals surface area contributed by atoms with Crippen molar-refractivity contribution >= 4 is 23.2 Å². The summed E-state index contributed by atoms with van der Waals surface area (Å²) in [5.41, 5.74) is 6.43. The minimum atomic E-state index is -1.28. The van der Waals surface area contributed by atoms with Gasteiger partial charge in [0.2, 0.25) is 5.71 Å². The van der Waals surface area contributed by atoms with E-state index in [2.05, 4.69) is 10.5 Å². The third-order valence-electron chi connectivity index (χ3n) is 1.86. The number of nitrogens with two attached hydrogens (primary N) is 1. The molecule has 0 aromatic heterocycles. The minimum absolute atomic E-state index is 0.142. The Kier molecular flexibility index (Phi) is 3.93. The zero-order chi connectivity index (χ0) is 13.7. The van der Waals surface area contributed by atoms with Gasteiger partial charge < -0.3 is 10.8 Å². The summed E-state index contributed by atoms with van der Waals surface area (Å²) in [7, 11) is 0. The molecule has 0 aliphatic rings. The predicted octanol–water partition coefficient (Wildman–Crippen LogP) is 0.751. The number of carboxylic acid groups (broad SMARTS) is 1. The number of carboxylic acids is 1. The van der Waals surface area contributed by atoms with E-state index in [-0.39, 0.29) is 11.3 Å². The number of anilines is 1. The van der Waals surface area contributed by atoms with Gasteiger partial charge in [-0.25, -0.2) is 9.18 Å². The zero-order valence-corrected chi connectivity index (χ0v) is 8.94. The van der Waals surface area contributed by atoms with E-state index in [0.29, 0.717) is 0 Å². The number of nitrogens with zero attached hydrogens (tertiary/aromatic N) is 2. The Morgan fingerprint density at radius 1 is 1.61 bits per heavy atom. The summed E-state index contributed by atoms with van der Waals surface area (Å²) in [6, 6.07) is 4.47. The van der Waals surface area contributed by atoms with E-state index in [1.807, 2.05) is 0 Å². The van der Waals surface area contributed by atoms with Gasteiger partial charge in [-0.15, -0.1) is 0 Å². The fourth-order valence-corrected chi connectivity index (χ4v) is 1.06. The first-order valence-corrected chi connectivity index (χ1v) is 4.56. The lowest BCUT2D eigenvalue weighted by Gasteiger charge is -2.05. The second-order valence-electron chi connectivity index (χ2n) is 3.09. The molecule has 0 unspecified atom stereocenters. The third-order valence-corrected chi connectivity index (χ3v) is 1.86. The second kappa shape index (κ2) is 5.40. The standard InChI is InChI=1S/C10H8FN5O2/c11-5-1-2-6(10(17)18)7(3-5)15-16-8(4-12)9(13)14/h1-3,15H,(H3,13,14)(H,17,18)/b16-8+. The summed E-state index contributed by atoms with van der Waals surface area (Å²) in [5, 5.41) is 27.8. The molecule has 18 heavy (non-hydrogen) atoms.